The number of allylic oxidation sites excluding steroid dienone is 10. The van der Waals surface area contributed by atoms with Crippen molar-refractivity contribution in [3.63, 3.8) is 0 Å². The van der Waals surface area contributed by atoms with Crippen molar-refractivity contribution < 1.29 is 48.1 Å². The average molecular weight is 969 g/mol. The van der Waals surface area contributed by atoms with E-state index in [1.807, 2.05) is 18.2 Å². The van der Waals surface area contributed by atoms with Gasteiger partial charge < -0.3 is 35.3 Å². The third kappa shape index (κ3) is 22.9. The van der Waals surface area contributed by atoms with Gasteiger partial charge in [-0.25, -0.2) is 9.59 Å². The molecule has 3 aromatic rings. The minimum absolute atomic E-state index is 0.0217. The quantitative estimate of drug-likeness (QED) is 0.0119. The van der Waals surface area contributed by atoms with Crippen molar-refractivity contribution in [2.75, 3.05) is 37.7 Å². The molecular formula is C52H64N4O10S2. The number of phenols is 1. The molecule has 0 aliphatic carbocycles. The maximum atomic E-state index is 13.5. The van der Waals surface area contributed by atoms with E-state index in [9.17, 15) is 33.9 Å². The lowest BCUT2D eigenvalue weighted by molar-refractivity contribution is -0.153. The van der Waals surface area contributed by atoms with Crippen molar-refractivity contribution in [3.05, 3.63) is 151 Å². The van der Waals surface area contributed by atoms with Gasteiger partial charge in [0.2, 0.25) is 5.91 Å². The zero-order valence-corrected chi connectivity index (χ0v) is 40.7. The van der Waals surface area contributed by atoms with Gasteiger partial charge in [-0.2, -0.15) is 0 Å². The second-order valence-electron chi connectivity index (χ2n) is 15.6. The lowest BCUT2D eigenvalue weighted by Crippen LogP contribution is -2.49. The molecular weight excluding hydrogens is 905 g/mol. The van der Waals surface area contributed by atoms with Crippen molar-refractivity contribution in [2.45, 2.75) is 78.2 Å². The number of benzene rings is 2. The van der Waals surface area contributed by atoms with Gasteiger partial charge in [0.1, 0.15) is 23.7 Å². The molecule has 4 N–H and O–H groups in total. The van der Waals surface area contributed by atoms with Crippen LogP contribution in [0.25, 0.3) is 0 Å². The zero-order valence-electron chi connectivity index (χ0n) is 39.1. The normalized spacial score (nSPS) is 12.2. The Morgan fingerprint density at radius 3 is 2.06 bits per heavy atom. The fraction of sp³-hybridized carbons (Fsp3) is 0.365. The highest BCUT2D eigenvalue weighted by atomic mass is 33.1. The number of nitrogens with one attached hydrogen (secondary N) is 3. The lowest BCUT2D eigenvalue weighted by atomic mass is 9.86. The maximum Gasteiger partial charge on any atom is 0.347 e. The first kappa shape index (κ1) is 55.9. The first-order chi connectivity index (χ1) is 32.9. The second kappa shape index (κ2) is 33.1. The summed E-state index contributed by atoms with van der Waals surface area (Å²) in [6.07, 6.45) is 27.5. The zero-order chi connectivity index (χ0) is 49.2. The predicted octanol–water partition coefficient (Wildman–Crippen LogP) is 9.07. The van der Waals surface area contributed by atoms with Crippen LogP contribution >= 0.6 is 21.6 Å². The van der Waals surface area contributed by atoms with Gasteiger partial charge >= 0.3 is 17.9 Å². The Kier molecular flexibility index (Phi) is 27.3. The Hall–Kier alpha value is -6.39. The summed E-state index contributed by atoms with van der Waals surface area (Å²) in [5.41, 5.74) is -0.842. The van der Waals surface area contributed by atoms with E-state index in [0.29, 0.717) is 37.4 Å². The molecule has 3 amide bonds. The SMILES string of the molecule is CC/C=C\C/C=C\C/C=C\C/C=C/C=C\CCCC(=O)OCC(C)(C)[C@@H](OC(=O)c1cccnc1)C(=O)NCCC(=O)NCCSSCCNC(=O)c1ccccc1OC(=O)c1ccccc1O. The topological polar surface area (TPSA) is 199 Å². The van der Waals surface area contributed by atoms with E-state index in [1.165, 1.54) is 64.3 Å². The maximum absolute atomic E-state index is 13.5. The molecule has 3 rings (SSSR count). The van der Waals surface area contributed by atoms with E-state index in [-0.39, 0.29) is 60.1 Å². The number of para-hydroxylation sites is 2. The molecule has 2 aromatic carbocycles. The minimum atomic E-state index is -1.36. The van der Waals surface area contributed by atoms with Crippen molar-refractivity contribution >= 4 is 57.2 Å². The van der Waals surface area contributed by atoms with Crippen LogP contribution in [0.5, 0.6) is 11.5 Å². The molecule has 0 bridgehead atoms. The fourth-order valence-electron chi connectivity index (χ4n) is 5.90. The smallest absolute Gasteiger partial charge is 0.347 e. The molecule has 1 aromatic heterocycles. The Balaban J connectivity index is 1.34. The van der Waals surface area contributed by atoms with Gasteiger partial charge in [-0.15, -0.1) is 0 Å². The Morgan fingerprint density at radius 2 is 1.37 bits per heavy atom. The van der Waals surface area contributed by atoms with Gasteiger partial charge in [0.05, 0.1) is 11.1 Å². The second-order valence-corrected chi connectivity index (χ2v) is 18.4. The summed E-state index contributed by atoms with van der Waals surface area (Å²) in [5, 5.41) is 18.3. The highest BCUT2D eigenvalue weighted by molar-refractivity contribution is 8.76. The Labute approximate surface area is 407 Å². The number of rotatable bonds is 31. The number of amides is 3. The number of carbonyl (C=O) groups is 6. The van der Waals surface area contributed by atoms with Crippen LogP contribution in [-0.4, -0.2) is 89.6 Å². The number of phenolic OH excluding ortho intramolecular Hbond substituents is 1. The third-order valence-electron chi connectivity index (χ3n) is 9.53. The summed E-state index contributed by atoms with van der Waals surface area (Å²) in [5.74, 6) is -2.41. The van der Waals surface area contributed by atoms with Crippen molar-refractivity contribution in [1.82, 2.24) is 20.9 Å². The molecule has 0 aliphatic rings. The van der Waals surface area contributed by atoms with Gasteiger partial charge in [-0.1, -0.05) is 127 Å². The molecule has 16 heteroatoms. The van der Waals surface area contributed by atoms with Crippen molar-refractivity contribution in [2.24, 2.45) is 5.41 Å². The number of unbranched alkanes of at least 4 members (excludes halogenated alkanes) is 1. The van der Waals surface area contributed by atoms with E-state index in [1.54, 1.807) is 44.2 Å². The molecule has 0 saturated carbocycles. The summed E-state index contributed by atoms with van der Waals surface area (Å²) in [4.78, 5) is 81.2. The Morgan fingerprint density at radius 1 is 0.721 bits per heavy atom. The van der Waals surface area contributed by atoms with E-state index >= 15 is 0 Å². The summed E-state index contributed by atoms with van der Waals surface area (Å²) in [6.45, 7) is 5.89. The number of pyridine rings is 1. The molecule has 0 radical (unpaired) electrons. The number of aromatic nitrogens is 1. The number of aromatic hydroxyl groups is 1. The molecule has 0 spiro atoms. The van der Waals surface area contributed by atoms with E-state index in [2.05, 4.69) is 70.4 Å². The van der Waals surface area contributed by atoms with Gasteiger partial charge in [-0.3, -0.25) is 24.2 Å². The number of carbonyl (C=O) groups excluding carboxylic acids is 6. The summed E-state index contributed by atoms with van der Waals surface area (Å²) < 4.78 is 16.6. The van der Waals surface area contributed by atoms with Crippen LogP contribution in [0.3, 0.4) is 0 Å². The summed E-state index contributed by atoms with van der Waals surface area (Å²) in [7, 11) is 3.00. The molecule has 68 heavy (non-hydrogen) atoms. The number of hydrogen-bond acceptors (Lipinski definition) is 13. The first-order valence-electron chi connectivity index (χ1n) is 22.6. The fourth-order valence-corrected chi connectivity index (χ4v) is 7.71. The summed E-state index contributed by atoms with van der Waals surface area (Å²) in [6, 6.07) is 15.4. The third-order valence-corrected chi connectivity index (χ3v) is 11.9. The Bertz CT molecular complexity index is 2210. The van der Waals surface area contributed by atoms with Crippen LogP contribution in [0.4, 0.5) is 0 Å². The van der Waals surface area contributed by atoms with Crippen molar-refractivity contribution in [3.8, 4) is 11.5 Å². The van der Waals surface area contributed by atoms with Crippen LogP contribution in [0.15, 0.2) is 134 Å². The predicted molar refractivity (Wildman–Crippen MR) is 269 cm³/mol. The number of nitrogens with zero attached hydrogens (tertiary/aromatic N) is 1. The molecule has 0 aliphatic heterocycles. The number of ether oxygens (including phenoxy) is 3. The number of esters is 3. The lowest BCUT2D eigenvalue weighted by Gasteiger charge is -2.32. The standard InChI is InChI=1S/C52H64N4O10S2/c1-4-5-6-7-8-9-10-11-12-13-14-15-16-17-18-19-30-46(59)64-39-52(2,3)47(66-50(62)40-25-24-32-53-38-40)49(61)55-33-31-45(58)54-34-36-67-68-37-35-56-48(60)42-27-21-23-29-44(42)65-51(63)41-26-20-22-28-43(41)57/h5-6,8-9,11-12,14-17,20-29,32,38,47,57H,4,7,10,13,18-19,30-31,33-37,39H2,1-3H3,(H,54,58)(H,55,61)(H,56,60)/b6-5-,9-8-,12-11-,15-14+,17-16-/t47-/m0/s1. The van der Waals surface area contributed by atoms with Gasteiger partial charge in [0.25, 0.3) is 11.8 Å². The van der Waals surface area contributed by atoms with Crippen LogP contribution in [0.1, 0.15) is 103 Å². The largest absolute Gasteiger partial charge is 0.507 e. The monoisotopic (exact) mass is 968 g/mol. The van der Waals surface area contributed by atoms with E-state index < -0.39 is 41.2 Å². The van der Waals surface area contributed by atoms with E-state index in [0.717, 1.165) is 25.7 Å². The minimum Gasteiger partial charge on any atom is -0.507 e. The van der Waals surface area contributed by atoms with Crippen LogP contribution < -0.4 is 20.7 Å². The van der Waals surface area contributed by atoms with Crippen LogP contribution in [0, 0.1) is 5.41 Å². The molecule has 0 unspecified atom stereocenters. The number of hydrogen-bond donors (Lipinski definition) is 4. The molecule has 364 valence electrons. The highest BCUT2D eigenvalue weighted by Crippen LogP contribution is 2.27. The van der Waals surface area contributed by atoms with Gasteiger partial charge in [0, 0.05) is 61.8 Å². The average Bonchev–Trinajstić information content (AvgIpc) is 3.33. The van der Waals surface area contributed by atoms with Crippen LogP contribution in [0.2, 0.25) is 0 Å². The van der Waals surface area contributed by atoms with E-state index in [4.69, 9.17) is 14.2 Å². The van der Waals surface area contributed by atoms with Gasteiger partial charge in [0.15, 0.2) is 6.10 Å². The van der Waals surface area contributed by atoms with Crippen molar-refractivity contribution in [1.29, 1.82) is 0 Å². The first-order valence-corrected chi connectivity index (χ1v) is 25.1. The molecule has 1 heterocycles. The molecule has 0 saturated heterocycles. The molecule has 1 atom stereocenters. The summed E-state index contributed by atoms with van der Waals surface area (Å²) >= 11 is 0. The molecule has 14 nitrogen and oxygen atoms in total. The van der Waals surface area contributed by atoms with Crippen LogP contribution in [-0.2, 0) is 23.9 Å². The molecule has 0 fully saturated rings. The highest BCUT2D eigenvalue weighted by Gasteiger charge is 2.40. The van der Waals surface area contributed by atoms with Gasteiger partial charge in [-0.05, 0) is 74.9 Å².